The van der Waals surface area contributed by atoms with Crippen molar-refractivity contribution in [2.45, 2.75) is 13.8 Å². The van der Waals surface area contributed by atoms with E-state index in [0.29, 0.717) is 4.88 Å². The molecule has 6 heteroatoms. The van der Waals surface area contributed by atoms with Crippen LogP contribution in [0.3, 0.4) is 0 Å². The zero-order chi connectivity index (χ0) is 13.3. The van der Waals surface area contributed by atoms with E-state index in [4.69, 9.17) is 0 Å². The molecule has 3 nitrogen and oxygen atoms in total. The number of amides is 1. The highest BCUT2D eigenvalue weighted by Gasteiger charge is 2.17. The van der Waals surface area contributed by atoms with Gasteiger partial charge in [0.1, 0.15) is 23.0 Å². The fraction of sp³-hybridized carbons (Fsp3) is 0.167. The summed E-state index contributed by atoms with van der Waals surface area (Å²) in [5.41, 5.74) is -0.257. The van der Waals surface area contributed by atoms with Gasteiger partial charge in [-0.1, -0.05) is 6.07 Å². The van der Waals surface area contributed by atoms with Crippen LogP contribution in [-0.4, -0.2) is 10.9 Å². The molecule has 0 aliphatic rings. The molecule has 2 aromatic rings. The number of benzene rings is 1. The summed E-state index contributed by atoms with van der Waals surface area (Å²) < 4.78 is 26.7. The highest BCUT2D eigenvalue weighted by atomic mass is 32.1. The maximum absolute atomic E-state index is 13.4. The predicted molar refractivity (Wildman–Crippen MR) is 65.9 cm³/mol. The first-order valence-corrected chi connectivity index (χ1v) is 6.00. The molecule has 0 aliphatic carbocycles. The summed E-state index contributed by atoms with van der Waals surface area (Å²) in [4.78, 5) is 16.6. The Morgan fingerprint density at radius 1 is 1.28 bits per heavy atom. The van der Waals surface area contributed by atoms with Gasteiger partial charge in [0.05, 0.1) is 5.01 Å². The fourth-order valence-corrected chi connectivity index (χ4v) is 2.34. The van der Waals surface area contributed by atoms with Gasteiger partial charge in [-0.3, -0.25) is 4.79 Å². The quantitative estimate of drug-likeness (QED) is 0.908. The van der Waals surface area contributed by atoms with Crippen molar-refractivity contribution in [3.63, 3.8) is 0 Å². The molecule has 0 spiro atoms. The number of hydrogen-bond donors (Lipinski definition) is 1. The van der Waals surface area contributed by atoms with Crippen LogP contribution < -0.4 is 5.32 Å². The van der Waals surface area contributed by atoms with E-state index in [9.17, 15) is 13.6 Å². The maximum Gasteiger partial charge on any atom is 0.275 e. The normalized spacial score (nSPS) is 10.4. The van der Waals surface area contributed by atoms with Gasteiger partial charge in [0.2, 0.25) is 0 Å². The number of aryl methyl sites for hydroxylation is 2. The van der Waals surface area contributed by atoms with Crippen molar-refractivity contribution in [1.82, 2.24) is 4.98 Å². The lowest BCUT2D eigenvalue weighted by Crippen LogP contribution is -2.15. The first-order chi connectivity index (χ1) is 8.49. The summed E-state index contributed by atoms with van der Waals surface area (Å²) in [6, 6.07) is 3.40. The average molecular weight is 268 g/mol. The molecular formula is C12H10F2N2OS. The van der Waals surface area contributed by atoms with Crippen LogP contribution in [0.1, 0.15) is 20.4 Å². The number of nitrogens with zero attached hydrogens (tertiary/aromatic N) is 1. The average Bonchev–Trinajstić information content (AvgIpc) is 2.63. The van der Waals surface area contributed by atoms with Crippen LogP contribution in [0, 0.1) is 25.5 Å². The molecule has 1 aromatic carbocycles. The van der Waals surface area contributed by atoms with Crippen LogP contribution in [0.25, 0.3) is 0 Å². The van der Waals surface area contributed by atoms with Crippen LogP contribution in [0.4, 0.5) is 14.5 Å². The molecule has 0 saturated carbocycles. The summed E-state index contributed by atoms with van der Waals surface area (Å²) >= 11 is 1.36. The molecule has 1 aromatic heterocycles. The summed E-state index contributed by atoms with van der Waals surface area (Å²) in [6.45, 7) is 3.50. The highest BCUT2D eigenvalue weighted by molar-refractivity contribution is 7.11. The van der Waals surface area contributed by atoms with E-state index in [2.05, 4.69) is 10.3 Å². The number of aromatic nitrogens is 1. The number of hydrogen-bond acceptors (Lipinski definition) is 3. The first-order valence-electron chi connectivity index (χ1n) is 5.18. The zero-order valence-corrected chi connectivity index (χ0v) is 10.6. The third-order valence-corrected chi connectivity index (χ3v) is 3.21. The molecule has 2 rings (SSSR count). The van der Waals surface area contributed by atoms with E-state index < -0.39 is 23.2 Å². The number of anilines is 1. The minimum atomic E-state index is -0.812. The molecule has 0 fully saturated rings. The van der Waals surface area contributed by atoms with Crippen LogP contribution >= 0.6 is 11.3 Å². The standard InChI is InChI=1S/C12H10F2N2OS/c1-6-10(15-7(2)18-6)12(17)16-11-8(13)4-3-5-9(11)14/h3-5H,1-2H3,(H,16,17). The fourth-order valence-electron chi connectivity index (χ4n) is 1.53. The molecule has 18 heavy (non-hydrogen) atoms. The van der Waals surface area contributed by atoms with E-state index in [1.165, 1.54) is 17.4 Å². The van der Waals surface area contributed by atoms with Crippen molar-refractivity contribution in [1.29, 1.82) is 0 Å². The molecule has 0 saturated heterocycles. The van der Waals surface area contributed by atoms with Gasteiger partial charge in [-0.05, 0) is 26.0 Å². The Morgan fingerprint density at radius 2 is 1.89 bits per heavy atom. The monoisotopic (exact) mass is 268 g/mol. The van der Waals surface area contributed by atoms with Crippen molar-refractivity contribution in [2.24, 2.45) is 0 Å². The number of carbonyl (C=O) groups is 1. The Balaban J connectivity index is 2.30. The Bertz CT molecular complexity index is 590. The lowest BCUT2D eigenvalue weighted by Gasteiger charge is -2.06. The van der Waals surface area contributed by atoms with E-state index >= 15 is 0 Å². The van der Waals surface area contributed by atoms with Crippen LogP contribution in [0.15, 0.2) is 18.2 Å². The van der Waals surface area contributed by atoms with Gasteiger partial charge in [-0.2, -0.15) is 0 Å². The van der Waals surface area contributed by atoms with Crippen molar-refractivity contribution in [3.8, 4) is 0 Å². The summed E-state index contributed by atoms with van der Waals surface area (Å²) in [5.74, 6) is -2.23. The molecule has 1 N–H and O–H groups in total. The zero-order valence-electron chi connectivity index (χ0n) is 9.75. The van der Waals surface area contributed by atoms with Crippen LogP contribution in [0.2, 0.25) is 0 Å². The van der Waals surface area contributed by atoms with Gasteiger partial charge in [-0.15, -0.1) is 11.3 Å². The summed E-state index contributed by atoms with van der Waals surface area (Å²) in [7, 11) is 0. The second kappa shape index (κ2) is 4.81. The second-order valence-electron chi connectivity index (χ2n) is 3.69. The molecule has 0 bridgehead atoms. The largest absolute Gasteiger partial charge is 0.316 e. The molecule has 0 aliphatic heterocycles. The van der Waals surface area contributed by atoms with Crippen LogP contribution in [-0.2, 0) is 0 Å². The smallest absolute Gasteiger partial charge is 0.275 e. The van der Waals surface area contributed by atoms with E-state index in [1.807, 2.05) is 0 Å². The molecule has 0 atom stereocenters. The first kappa shape index (κ1) is 12.6. The van der Waals surface area contributed by atoms with Crippen molar-refractivity contribution in [2.75, 3.05) is 5.32 Å². The number of para-hydroxylation sites is 1. The maximum atomic E-state index is 13.4. The minimum absolute atomic E-state index is 0.195. The Morgan fingerprint density at radius 3 is 2.39 bits per heavy atom. The number of carbonyl (C=O) groups excluding carboxylic acids is 1. The predicted octanol–water partition coefficient (Wildman–Crippen LogP) is 3.29. The number of thiazole rings is 1. The third-order valence-electron chi connectivity index (χ3n) is 2.32. The van der Waals surface area contributed by atoms with Gasteiger partial charge >= 0.3 is 0 Å². The van der Waals surface area contributed by atoms with Crippen molar-refractivity contribution in [3.05, 3.63) is 45.4 Å². The van der Waals surface area contributed by atoms with Gasteiger partial charge in [0.25, 0.3) is 5.91 Å². The van der Waals surface area contributed by atoms with E-state index in [0.717, 1.165) is 17.1 Å². The summed E-state index contributed by atoms with van der Waals surface area (Å²) in [5, 5.41) is 2.93. The molecule has 94 valence electrons. The molecule has 1 amide bonds. The number of rotatable bonds is 2. The lowest BCUT2D eigenvalue weighted by atomic mass is 10.2. The van der Waals surface area contributed by atoms with Crippen molar-refractivity contribution >= 4 is 22.9 Å². The molecule has 1 heterocycles. The summed E-state index contributed by atoms with van der Waals surface area (Å²) in [6.07, 6.45) is 0. The van der Waals surface area contributed by atoms with Gasteiger partial charge in [0.15, 0.2) is 0 Å². The van der Waals surface area contributed by atoms with Crippen LogP contribution in [0.5, 0.6) is 0 Å². The highest BCUT2D eigenvalue weighted by Crippen LogP contribution is 2.21. The molecular weight excluding hydrogens is 258 g/mol. The lowest BCUT2D eigenvalue weighted by molar-refractivity contribution is 0.102. The molecule has 0 radical (unpaired) electrons. The Labute approximate surface area is 106 Å². The van der Waals surface area contributed by atoms with E-state index in [1.54, 1.807) is 13.8 Å². The third kappa shape index (κ3) is 2.38. The van der Waals surface area contributed by atoms with Gasteiger partial charge in [0, 0.05) is 4.88 Å². The van der Waals surface area contributed by atoms with E-state index in [-0.39, 0.29) is 5.69 Å². The Kier molecular flexibility index (Phi) is 3.38. The van der Waals surface area contributed by atoms with Gasteiger partial charge in [-0.25, -0.2) is 13.8 Å². The number of halogens is 2. The second-order valence-corrected chi connectivity index (χ2v) is 5.10. The Hall–Kier alpha value is -1.82. The number of nitrogens with one attached hydrogen (secondary N) is 1. The van der Waals surface area contributed by atoms with Crippen molar-refractivity contribution < 1.29 is 13.6 Å². The topological polar surface area (TPSA) is 42.0 Å². The van der Waals surface area contributed by atoms with Gasteiger partial charge < -0.3 is 5.32 Å². The SMILES string of the molecule is Cc1nc(C(=O)Nc2c(F)cccc2F)c(C)s1. The minimum Gasteiger partial charge on any atom is -0.316 e. The molecule has 0 unspecified atom stereocenters.